The zero-order valence-corrected chi connectivity index (χ0v) is 9.57. The van der Waals surface area contributed by atoms with Crippen molar-refractivity contribution in [3.8, 4) is 0 Å². The molecule has 0 aromatic heterocycles. The van der Waals surface area contributed by atoms with Crippen molar-refractivity contribution in [3.05, 3.63) is 28.2 Å². The normalized spacial score (nSPS) is 12.6. The largest absolute Gasteiger partial charge is 0.382 e. The van der Waals surface area contributed by atoms with Crippen LogP contribution in [-0.2, 0) is 0 Å². The summed E-state index contributed by atoms with van der Waals surface area (Å²) < 4.78 is 0. The van der Waals surface area contributed by atoms with Crippen LogP contribution in [0.2, 0.25) is 10.0 Å². The zero-order chi connectivity index (χ0) is 10.6. The van der Waals surface area contributed by atoms with Gasteiger partial charge in [0.25, 0.3) is 0 Å². The lowest BCUT2D eigenvalue weighted by Gasteiger charge is -2.14. The van der Waals surface area contributed by atoms with E-state index in [0.717, 1.165) is 12.1 Å². The molecule has 0 bridgehead atoms. The Morgan fingerprint density at radius 2 is 1.86 bits per heavy atom. The Hall–Kier alpha value is -0.440. The maximum Gasteiger partial charge on any atom is 0.0441 e. The first-order valence-electron chi connectivity index (χ1n) is 4.54. The number of halogens is 2. The first-order valence-corrected chi connectivity index (χ1v) is 5.30. The smallest absolute Gasteiger partial charge is 0.0441 e. The van der Waals surface area contributed by atoms with Gasteiger partial charge in [0, 0.05) is 21.8 Å². The number of hydrogen-bond donors (Lipinski definition) is 2. The third-order valence-electron chi connectivity index (χ3n) is 1.88. The van der Waals surface area contributed by atoms with E-state index in [9.17, 15) is 0 Å². The summed E-state index contributed by atoms with van der Waals surface area (Å²) in [4.78, 5) is 0. The van der Waals surface area contributed by atoms with Gasteiger partial charge in [-0.05, 0) is 38.1 Å². The van der Waals surface area contributed by atoms with Crippen LogP contribution in [0, 0.1) is 0 Å². The van der Waals surface area contributed by atoms with Crippen molar-refractivity contribution in [2.24, 2.45) is 5.73 Å². The number of rotatable bonds is 4. The van der Waals surface area contributed by atoms with E-state index in [1.807, 2.05) is 12.1 Å². The van der Waals surface area contributed by atoms with E-state index >= 15 is 0 Å². The predicted octanol–water partition coefficient (Wildman–Crippen LogP) is 3.14. The van der Waals surface area contributed by atoms with Crippen molar-refractivity contribution in [3.63, 3.8) is 0 Å². The van der Waals surface area contributed by atoms with Gasteiger partial charge in [0.1, 0.15) is 0 Å². The Bertz CT molecular complexity index is 282. The highest BCUT2D eigenvalue weighted by atomic mass is 35.5. The molecule has 1 rings (SSSR count). The van der Waals surface area contributed by atoms with E-state index in [4.69, 9.17) is 28.9 Å². The quantitative estimate of drug-likeness (QED) is 0.838. The highest BCUT2D eigenvalue weighted by Crippen LogP contribution is 2.23. The molecule has 0 aliphatic heterocycles. The molecule has 1 unspecified atom stereocenters. The number of anilines is 1. The summed E-state index contributed by atoms with van der Waals surface area (Å²) in [5.41, 5.74) is 6.38. The van der Waals surface area contributed by atoms with E-state index in [2.05, 4.69) is 12.2 Å². The molecule has 0 aliphatic rings. The van der Waals surface area contributed by atoms with Crippen LogP contribution in [0.3, 0.4) is 0 Å². The molecule has 0 heterocycles. The second-order valence-corrected chi connectivity index (χ2v) is 4.15. The lowest BCUT2D eigenvalue weighted by Crippen LogP contribution is -2.19. The Balaban J connectivity index is 2.66. The van der Waals surface area contributed by atoms with Gasteiger partial charge in [-0.2, -0.15) is 0 Å². The molecular formula is C10H14Cl2N2. The lowest BCUT2D eigenvalue weighted by atomic mass is 10.2. The number of benzene rings is 1. The van der Waals surface area contributed by atoms with Crippen LogP contribution in [-0.4, -0.2) is 12.6 Å². The van der Waals surface area contributed by atoms with Crippen molar-refractivity contribution in [1.82, 2.24) is 0 Å². The van der Waals surface area contributed by atoms with Crippen molar-refractivity contribution >= 4 is 28.9 Å². The number of nitrogens with one attached hydrogen (secondary N) is 1. The van der Waals surface area contributed by atoms with Crippen LogP contribution in [0.15, 0.2) is 18.2 Å². The standard InChI is InChI=1S/C10H14Cl2N2/c1-7(2-3-13)14-10-5-8(11)4-9(12)6-10/h4-7,14H,2-3,13H2,1H3. The fourth-order valence-electron chi connectivity index (χ4n) is 1.24. The van der Waals surface area contributed by atoms with Gasteiger partial charge in [0.15, 0.2) is 0 Å². The summed E-state index contributed by atoms with van der Waals surface area (Å²) in [6, 6.07) is 5.73. The third kappa shape index (κ3) is 3.74. The van der Waals surface area contributed by atoms with E-state index in [1.165, 1.54) is 0 Å². The van der Waals surface area contributed by atoms with Gasteiger partial charge in [-0.15, -0.1) is 0 Å². The maximum atomic E-state index is 5.86. The highest BCUT2D eigenvalue weighted by molar-refractivity contribution is 6.35. The summed E-state index contributed by atoms with van der Waals surface area (Å²) in [6.07, 6.45) is 0.921. The minimum absolute atomic E-state index is 0.328. The summed E-state index contributed by atoms with van der Waals surface area (Å²) in [7, 11) is 0. The molecule has 78 valence electrons. The molecule has 2 nitrogen and oxygen atoms in total. The molecule has 14 heavy (non-hydrogen) atoms. The minimum atomic E-state index is 0.328. The van der Waals surface area contributed by atoms with Crippen LogP contribution < -0.4 is 11.1 Å². The molecule has 1 aromatic carbocycles. The molecule has 1 aromatic rings. The van der Waals surface area contributed by atoms with Crippen molar-refractivity contribution in [1.29, 1.82) is 0 Å². The fraction of sp³-hybridized carbons (Fsp3) is 0.400. The van der Waals surface area contributed by atoms with Crippen molar-refractivity contribution in [2.75, 3.05) is 11.9 Å². The van der Waals surface area contributed by atoms with Crippen LogP contribution >= 0.6 is 23.2 Å². The molecule has 0 spiro atoms. The monoisotopic (exact) mass is 232 g/mol. The number of hydrogen-bond acceptors (Lipinski definition) is 2. The van der Waals surface area contributed by atoms with E-state index in [0.29, 0.717) is 22.6 Å². The molecule has 0 radical (unpaired) electrons. The lowest BCUT2D eigenvalue weighted by molar-refractivity contribution is 0.717. The average Bonchev–Trinajstić information content (AvgIpc) is 2.01. The van der Waals surface area contributed by atoms with Gasteiger partial charge < -0.3 is 11.1 Å². The van der Waals surface area contributed by atoms with Gasteiger partial charge in [-0.25, -0.2) is 0 Å². The highest BCUT2D eigenvalue weighted by Gasteiger charge is 2.02. The van der Waals surface area contributed by atoms with Gasteiger partial charge >= 0.3 is 0 Å². The second-order valence-electron chi connectivity index (χ2n) is 3.28. The van der Waals surface area contributed by atoms with Crippen LogP contribution in [0.5, 0.6) is 0 Å². The van der Waals surface area contributed by atoms with Crippen LogP contribution in [0.25, 0.3) is 0 Å². The van der Waals surface area contributed by atoms with Gasteiger partial charge in [-0.3, -0.25) is 0 Å². The molecule has 0 amide bonds. The Morgan fingerprint density at radius 3 is 2.36 bits per heavy atom. The Kier molecular flexibility index (Phi) is 4.52. The Labute approximate surface area is 94.4 Å². The maximum absolute atomic E-state index is 5.86. The van der Waals surface area contributed by atoms with E-state index < -0.39 is 0 Å². The van der Waals surface area contributed by atoms with Crippen LogP contribution in [0.1, 0.15) is 13.3 Å². The SMILES string of the molecule is CC(CCN)Nc1cc(Cl)cc(Cl)c1. The van der Waals surface area contributed by atoms with Gasteiger partial charge in [0.05, 0.1) is 0 Å². The molecule has 3 N–H and O–H groups in total. The van der Waals surface area contributed by atoms with Crippen molar-refractivity contribution in [2.45, 2.75) is 19.4 Å². The fourth-order valence-corrected chi connectivity index (χ4v) is 1.77. The summed E-state index contributed by atoms with van der Waals surface area (Å²) in [6.45, 7) is 2.74. The topological polar surface area (TPSA) is 38.0 Å². The number of nitrogens with two attached hydrogens (primary N) is 1. The zero-order valence-electron chi connectivity index (χ0n) is 8.06. The molecule has 0 aliphatic carbocycles. The predicted molar refractivity (Wildman–Crippen MR) is 63.2 cm³/mol. The van der Waals surface area contributed by atoms with E-state index in [-0.39, 0.29) is 0 Å². The molecule has 4 heteroatoms. The first-order chi connectivity index (χ1) is 6.61. The molecule has 0 saturated heterocycles. The summed E-state index contributed by atoms with van der Waals surface area (Å²) in [5, 5.41) is 4.55. The van der Waals surface area contributed by atoms with Gasteiger partial charge in [-0.1, -0.05) is 23.2 Å². The summed E-state index contributed by atoms with van der Waals surface area (Å²) in [5.74, 6) is 0. The van der Waals surface area contributed by atoms with Gasteiger partial charge in [0.2, 0.25) is 0 Å². The summed E-state index contributed by atoms with van der Waals surface area (Å²) >= 11 is 11.7. The van der Waals surface area contributed by atoms with Crippen molar-refractivity contribution < 1.29 is 0 Å². The molecule has 1 atom stereocenters. The van der Waals surface area contributed by atoms with E-state index in [1.54, 1.807) is 6.07 Å². The minimum Gasteiger partial charge on any atom is -0.382 e. The molecular weight excluding hydrogens is 219 g/mol. The second kappa shape index (κ2) is 5.44. The Morgan fingerprint density at radius 1 is 1.29 bits per heavy atom. The molecule has 0 fully saturated rings. The molecule has 0 saturated carbocycles. The average molecular weight is 233 g/mol. The first kappa shape index (κ1) is 11.6. The third-order valence-corrected chi connectivity index (χ3v) is 2.31. The van der Waals surface area contributed by atoms with Crippen LogP contribution in [0.4, 0.5) is 5.69 Å².